The molecule has 1 aliphatic rings. The second-order valence-corrected chi connectivity index (χ2v) is 6.11. The molecule has 0 fully saturated rings. The smallest absolute Gasteiger partial charge is 0.242 e. The van der Waals surface area contributed by atoms with Gasteiger partial charge in [-0.15, -0.1) is 0 Å². The Morgan fingerprint density at radius 3 is 2.74 bits per heavy atom. The van der Waals surface area contributed by atoms with E-state index >= 15 is 0 Å². The molecule has 4 heteroatoms. The minimum atomic E-state index is 0.129. The van der Waals surface area contributed by atoms with Gasteiger partial charge in [0.15, 0.2) is 0 Å². The number of likely N-dealkylation sites (N-methyl/N-ethyl adjacent to an activating group) is 1. The van der Waals surface area contributed by atoms with Crippen LogP contribution in [0.15, 0.2) is 48.5 Å². The minimum Gasteiger partial charge on any atom is -0.398 e. The molecule has 0 bridgehead atoms. The predicted molar refractivity (Wildman–Crippen MR) is 94.3 cm³/mol. The van der Waals surface area contributed by atoms with E-state index in [1.54, 1.807) is 4.90 Å². The van der Waals surface area contributed by atoms with Gasteiger partial charge in [-0.1, -0.05) is 36.4 Å². The van der Waals surface area contributed by atoms with Gasteiger partial charge < -0.3 is 15.5 Å². The summed E-state index contributed by atoms with van der Waals surface area (Å²) in [7, 11) is 1.86. The maximum Gasteiger partial charge on any atom is 0.242 e. The average molecular weight is 309 g/mol. The zero-order valence-corrected chi connectivity index (χ0v) is 13.5. The number of carbonyl (C=O) groups is 1. The molecule has 0 aliphatic carbocycles. The Balaban J connectivity index is 1.68. The van der Waals surface area contributed by atoms with Crippen LogP contribution in [0.25, 0.3) is 0 Å². The summed E-state index contributed by atoms with van der Waals surface area (Å²) in [6.45, 7) is 1.94. The second kappa shape index (κ2) is 6.73. The number of rotatable bonds is 4. The molecule has 2 aromatic carbocycles. The molecule has 0 aromatic heterocycles. The summed E-state index contributed by atoms with van der Waals surface area (Å²) in [4.78, 5) is 16.5. The fraction of sp³-hybridized carbons (Fsp3) is 0.316. The molecule has 3 rings (SSSR count). The van der Waals surface area contributed by atoms with Crippen LogP contribution in [0.2, 0.25) is 0 Å². The van der Waals surface area contributed by atoms with Crippen LogP contribution in [-0.2, 0) is 17.8 Å². The summed E-state index contributed by atoms with van der Waals surface area (Å²) in [6.07, 6.45) is 2.03. The van der Waals surface area contributed by atoms with Crippen molar-refractivity contribution in [3.8, 4) is 0 Å². The number of nitrogens with two attached hydrogens (primary N) is 1. The van der Waals surface area contributed by atoms with Gasteiger partial charge in [0.05, 0.1) is 6.54 Å². The molecule has 0 saturated carbocycles. The summed E-state index contributed by atoms with van der Waals surface area (Å²) in [6, 6.07) is 16.0. The lowest BCUT2D eigenvalue weighted by Crippen LogP contribution is -2.40. The van der Waals surface area contributed by atoms with E-state index in [2.05, 4.69) is 11.0 Å². The number of hydrogen-bond acceptors (Lipinski definition) is 3. The van der Waals surface area contributed by atoms with E-state index in [4.69, 9.17) is 5.73 Å². The molecule has 0 radical (unpaired) electrons. The van der Waals surface area contributed by atoms with Crippen LogP contribution in [-0.4, -0.2) is 30.9 Å². The van der Waals surface area contributed by atoms with E-state index in [0.29, 0.717) is 13.1 Å². The number of anilines is 2. The highest BCUT2D eigenvalue weighted by Gasteiger charge is 2.21. The third kappa shape index (κ3) is 3.47. The molecule has 1 aliphatic heterocycles. The van der Waals surface area contributed by atoms with Gasteiger partial charge >= 0.3 is 0 Å². The van der Waals surface area contributed by atoms with Crippen LogP contribution < -0.4 is 10.6 Å². The van der Waals surface area contributed by atoms with Gasteiger partial charge in [-0.05, 0) is 36.1 Å². The van der Waals surface area contributed by atoms with Crippen molar-refractivity contribution < 1.29 is 4.79 Å². The topological polar surface area (TPSA) is 49.6 Å². The Kier molecular flexibility index (Phi) is 4.51. The van der Waals surface area contributed by atoms with Crippen LogP contribution in [0, 0.1) is 0 Å². The molecule has 0 unspecified atom stereocenters. The van der Waals surface area contributed by atoms with Crippen LogP contribution in [0.3, 0.4) is 0 Å². The first kappa shape index (κ1) is 15.4. The molecular formula is C19H23N3O. The fourth-order valence-corrected chi connectivity index (χ4v) is 3.12. The minimum absolute atomic E-state index is 0.129. The number of nitrogen functional groups attached to an aromatic ring is 1. The van der Waals surface area contributed by atoms with Gasteiger partial charge in [-0.2, -0.15) is 0 Å². The Morgan fingerprint density at radius 1 is 1.17 bits per heavy atom. The zero-order chi connectivity index (χ0) is 16.2. The molecular weight excluding hydrogens is 286 g/mol. The van der Waals surface area contributed by atoms with Crippen LogP contribution >= 0.6 is 0 Å². The summed E-state index contributed by atoms with van der Waals surface area (Å²) in [5.41, 5.74) is 10.3. The van der Waals surface area contributed by atoms with Crippen molar-refractivity contribution in [2.45, 2.75) is 19.4 Å². The highest BCUT2D eigenvalue weighted by molar-refractivity contribution is 5.82. The van der Waals surface area contributed by atoms with Crippen molar-refractivity contribution in [3.05, 3.63) is 59.7 Å². The first-order valence-electron chi connectivity index (χ1n) is 8.05. The Bertz CT molecular complexity index is 684. The van der Waals surface area contributed by atoms with E-state index in [-0.39, 0.29) is 5.91 Å². The van der Waals surface area contributed by atoms with Crippen LogP contribution in [0.4, 0.5) is 11.4 Å². The lowest BCUT2D eigenvalue weighted by molar-refractivity contribution is -0.128. The Morgan fingerprint density at radius 2 is 1.96 bits per heavy atom. The summed E-state index contributed by atoms with van der Waals surface area (Å²) < 4.78 is 0. The molecule has 1 amide bonds. The maximum atomic E-state index is 12.6. The molecule has 2 aromatic rings. The van der Waals surface area contributed by atoms with E-state index in [1.165, 1.54) is 5.56 Å². The quantitative estimate of drug-likeness (QED) is 0.883. The first-order chi connectivity index (χ1) is 11.1. The van der Waals surface area contributed by atoms with Gasteiger partial charge in [-0.25, -0.2) is 0 Å². The largest absolute Gasteiger partial charge is 0.398 e. The van der Waals surface area contributed by atoms with Crippen molar-refractivity contribution in [2.75, 3.05) is 30.8 Å². The number of hydrogen-bond donors (Lipinski definition) is 1. The number of benzene rings is 2. The van der Waals surface area contributed by atoms with Crippen molar-refractivity contribution in [1.29, 1.82) is 0 Å². The van der Waals surface area contributed by atoms with E-state index in [9.17, 15) is 4.79 Å². The maximum absolute atomic E-state index is 12.6. The monoisotopic (exact) mass is 309 g/mol. The molecule has 0 spiro atoms. The molecule has 120 valence electrons. The second-order valence-electron chi connectivity index (χ2n) is 6.11. The SMILES string of the molecule is CN(Cc1ccccc1)C(=O)CN1CCCc2c(N)cccc21. The van der Waals surface area contributed by atoms with Gasteiger partial charge in [-0.3, -0.25) is 4.79 Å². The van der Waals surface area contributed by atoms with Gasteiger partial charge in [0.2, 0.25) is 5.91 Å². The first-order valence-corrected chi connectivity index (χ1v) is 8.05. The number of amides is 1. The number of nitrogens with zero attached hydrogens (tertiary/aromatic N) is 2. The number of carbonyl (C=O) groups excluding carboxylic acids is 1. The van der Waals surface area contributed by atoms with Crippen molar-refractivity contribution in [2.24, 2.45) is 0 Å². The van der Waals surface area contributed by atoms with E-state index < -0.39 is 0 Å². The van der Waals surface area contributed by atoms with E-state index in [0.717, 1.165) is 36.3 Å². The van der Waals surface area contributed by atoms with Gasteiger partial charge in [0.25, 0.3) is 0 Å². The van der Waals surface area contributed by atoms with Crippen LogP contribution in [0.1, 0.15) is 17.5 Å². The Hall–Kier alpha value is -2.49. The van der Waals surface area contributed by atoms with E-state index in [1.807, 2.05) is 49.5 Å². The molecule has 0 saturated heterocycles. The van der Waals surface area contributed by atoms with Crippen molar-refractivity contribution in [3.63, 3.8) is 0 Å². The number of fused-ring (bicyclic) bond motifs is 1. The average Bonchev–Trinajstić information content (AvgIpc) is 2.56. The summed E-state index contributed by atoms with van der Waals surface area (Å²) in [5.74, 6) is 0.129. The molecule has 2 N–H and O–H groups in total. The molecule has 0 atom stereocenters. The lowest BCUT2D eigenvalue weighted by atomic mass is 10.00. The highest BCUT2D eigenvalue weighted by Crippen LogP contribution is 2.31. The third-order valence-corrected chi connectivity index (χ3v) is 4.40. The normalized spacial score (nSPS) is 13.5. The van der Waals surface area contributed by atoms with Crippen molar-refractivity contribution in [1.82, 2.24) is 4.90 Å². The zero-order valence-electron chi connectivity index (χ0n) is 13.5. The van der Waals surface area contributed by atoms with Crippen LogP contribution in [0.5, 0.6) is 0 Å². The lowest BCUT2D eigenvalue weighted by Gasteiger charge is -2.32. The predicted octanol–water partition coefficient (Wildman–Crippen LogP) is 2.68. The highest BCUT2D eigenvalue weighted by atomic mass is 16.2. The van der Waals surface area contributed by atoms with Gasteiger partial charge in [0.1, 0.15) is 0 Å². The molecule has 1 heterocycles. The van der Waals surface area contributed by atoms with Gasteiger partial charge in [0, 0.05) is 31.5 Å². The standard InChI is InChI=1S/C19H23N3O/c1-21(13-15-7-3-2-4-8-15)19(23)14-22-12-6-9-16-17(20)10-5-11-18(16)22/h2-5,7-8,10-11H,6,9,12-14,20H2,1H3. The van der Waals surface area contributed by atoms with Crippen molar-refractivity contribution >= 4 is 17.3 Å². The Labute approximate surface area is 137 Å². The third-order valence-electron chi connectivity index (χ3n) is 4.40. The summed E-state index contributed by atoms with van der Waals surface area (Å²) >= 11 is 0. The molecule has 4 nitrogen and oxygen atoms in total. The molecule has 23 heavy (non-hydrogen) atoms. The summed E-state index contributed by atoms with van der Waals surface area (Å²) in [5, 5.41) is 0. The fourth-order valence-electron chi connectivity index (χ4n) is 3.12.